The van der Waals surface area contributed by atoms with Crippen LogP contribution in [0.3, 0.4) is 0 Å². The molecule has 9 nitrogen and oxygen atoms in total. The Morgan fingerprint density at radius 3 is 2.15 bits per heavy atom. The number of phenolic OH excluding ortho intramolecular Hbond substituents is 1. The average molecular weight is 666 g/mol. The van der Waals surface area contributed by atoms with Gasteiger partial charge in [0.15, 0.2) is 0 Å². The molecule has 3 aliphatic rings. The Bertz CT molecular complexity index is 2260. The number of aromatic nitrogens is 3. The van der Waals surface area contributed by atoms with Crippen LogP contribution in [-0.4, -0.2) is 30.9 Å². The minimum absolute atomic E-state index is 0.0350. The first kappa shape index (κ1) is 29.3. The highest BCUT2D eigenvalue weighted by atomic mass is 35.5. The summed E-state index contributed by atoms with van der Waals surface area (Å²) in [5.41, 5.74) is -0.363. The summed E-state index contributed by atoms with van der Waals surface area (Å²) in [6.45, 7) is 0.0350. The number of carbonyl (C=O) groups excluding carboxylic acids is 2. The van der Waals surface area contributed by atoms with Crippen molar-refractivity contribution in [3.8, 4) is 11.4 Å². The highest BCUT2D eigenvalue weighted by molar-refractivity contribution is 6.32. The number of rotatable bonds is 4. The summed E-state index contributed by atoms with van der Waals surface area (Å²) in [7, 11) is 0. The van der Waals surface area contributed by atoms with E-state index in [2.05, 4.69) is 0 Å². The van der Waals surface area contributed by atoms with Crippen LogP contribution in [0.1, 0.15) is 29.5 Å². The van der Waals surface area contributed by atoms with E-state index in [0.29, 0.717) is 38.1 Å². The molecular weight excluding hydrogens is 639 g/mol. The third kappa shape index (κ3) is 4.09. The van der Waals surface area contributed by atoms with Crippen molar-refractivity contribution in [3.63, 3.8) is 0 Å². The van der Waals surface area contributed by atoms with Crippen LogP contribution in [0.25, 0.3) is 5.69 Å². The normalized spacial score (nSPS) is 23.2. The zero-order valence-corrected chi connectivity index (χ0v) is 26.2. The molecule has 11 heteroatoms. The highest BCUT2D eigenvalue weighted by Gasteiger charge is 2.69. The molecule has 2 fully saturated rings. The second-order valence-electron chi connectivity index (χ2n) is 12.0. The van der Waals surface area contributed by atoms with E-state index in [4.69, 9.17) is 23.2 Å². The molecule has 47 heavy (non-hydrogen) atoms. The van der Waals surface area contributed by atoms with Crippen LogP contribution in [0.5, 0.6) is 5.75 Å². The molecule has 4 aromatic carbocycles. The number of imide groups is 1. The second-order valence-corrected chi connectivity index (χ2v) is 12.9. The van der Waals surface area contributed by atoms with Gasteiger partial charge in [0.05, 0.1) is 35.3 Å². The standard InChI is InChI=1S/C36H26Cl2N4O5/c37-22-10-7-13-25(18-22)40-32(44)28-20-29-26(16-17-39-34(46)41(35(47)42(29)39)24-11-5-2-6-12-24)31(27-19-23(38)14-15-30(27)43)36(28,33(40)45)21-8-3-1-4-9-21/h1-16,18-19,28-29,31,43H,17,20H2. The minimum atomic E-state index is -1.54. The first-order valence-electron chi connectivity index (χ1n) is 15.1. The summed E-state index contributed by atoms with van der Waals surface area (Å²) in [5, 5.41) is 12.1. The fourth-order valence-electron chi connectivity index (χ4n) is 7.90. The van der Waals surface area contributed by atoms with Crippen LogP contribution in [-0.2, 0) is 21.5 Å². The highest BCUT2D eigenvalue weighted by Crippen LogP contribution is 2.63. The fraction of sp³-hybridized carbons (Fsp3) is 0.167. The number of benzene rings is 4. The quantitative estimate of drug-likeness (QED) is 0.199. The van der Waals surface area contributed by atoms with Gasteiger partial charge in [0.25, 0.3) is 0 Å². The number of amides is 2. The number of hydrogen-bond donors (Lipinski definition) is 1. The summed E-state index contributed by atoms with van der Waals surface area (Å²) in [5.74, 6) is -3.02. The molecule has 1 N–H and O–H groups in total. The lowest BCUT2D eigenvalue weighted by Gasteiger charge is -2.49. The molecule has 2 amide bonds. The Hall–Kier alpha value is -5.12. The smallest absolute Gasteiger partial charge is 0.352 e. The number of para-hydroxylation sites is 1. The van der Waals surface area contributed by atoms with E-state index >= 15 is 4.79 Å². The van der Waals surface area contributed by atoms with Gasteiger partial charge in [-0.1, -0.05) is 83.9 Å². The van der Waals surface area contributed by atoms with Crippen molar-refractivity contribution in [1.29, 1.82) is 0 Å². The van der Waals surface area contributed by atoms with Crippen LogP contribution in [0.4, 0.5) is 5.69 Å². The van der Waals surface area contributed by atoms with Gasteiger partial charge >= 0.3 is 11.4 Å². The van der Waals surface area contributed by atoms with Crippen molar-refractivity contribution in [3.05, 3.63) is 157 Å². The van der Waals surface area contributed by atoms with Crippen molar-refractivity contribution in [2.24, 2.45) is 5.92 Å². The maximum absolute atomic E-state index is 15.2. The van der Waals surface area contributed by atoms with E-state index in [0.717, 1.165) is 4.57 Å². The first-order chi connectivity index (χ1) is 22.7. The molecule has 8 rings (SSSR count). The third-order valence-corrected chi connectivity index (χ3v) is 10.2. The molecule has 1 saturated heterocycles. The molecule has 0 radical (unpaired) electrons. The Morgan fingerprint density at radius 1 is 0.745 bits per heavy atom. The van der Waals surface area contributed by atoms with Crippen molar-refractivity contribution >= 4 is 40.7 Å². The number of aromatic hydroxyl groups is 1. The predicted octanol–water partition coefficient (Wildman–Crippen LogP) is 5.61. The van der Waals surface area contributed by atoms with Gasteiger partial charge in [0, 0.05) is 21.5 Å². The molecule has 0 bridgehead atoms. The van der Waals surface area contributed by atoms with Gasteiger partial charge in [-0.2, -0.15) is 0 Å². The van der Waals surface area contributed by atoms with Gasteiger partial charge < -0.3 is 5.11 Å². The predicted molar refractivity (Wildman–Crippen MR) is 177 cm³/mol. The molecule has 3 heterocycles. The van der Waals surface area contributed by atoms with E-state index in [1.807, 2.05) is 24.3 Å². The summed E-state index contributed by atoms with van der Waals surface area (Å²) < 4.78 is 3.87. The van der Waals surface area contributed by atoms with E-state index in [-0.39, 0.29) is 18.7 Å². The SMILES string of the molecule is O=C1C2CC3C(=CCn4c(=O)n(-c5ccccc5)c(=O)n43)C(c3cc(Cl)ccc3O)C2(c2ccccc2)C(=O)N1c1cccc(Cl)c1. The number of halogens is 2. The molecule has 1 saturated carbocycles. The lowest BCUT2D eigenvalue weighted by Crippen LogP contribution is -2.53. The minimum Gasteiger partial charge on any atom is -0.508 e. The zero-order chi connectivity index (χ0) is 32.6. The maximum atomic E-state index is 15.2. The fourth-order valence-corrected chi connectivity index (χ4v) is 8.27. The monoisotopic (exact) mass is 664 g/mol. The van der Waals surface area contributed by atoms with Gasteiger partial charge in [-0.15, -0.1) is 0 Å². The zero-order valence-electron chi connectivity index (χ0n) is 24.7. The number of allylic oxidation sites excluding steroid dienone is 2. The van der Waals surface area contributed by atoms with Crippen LogP contribution in [0.2, 0.25) is 10.0 Å². The van der Waals surface area contributed by atoms with Gasteiger partial charge in [-0.05, 0) is 66.1 Å². The molecule has 234 valence electrons. The van der Waals surface area contributed by atoms with E-state index in [1.165, 1.54) is 20.3 Å². The number of anilines is 1. The topological polar surface area (TPSA) is 107 Å². The Labute approximate surface area is 278 Å². The van der Waals surface area contributed by atoms with E-state index < -0.39 is 46.5 Å². The third-order valence-electron chi connectivity index (χ3n) is 9.74. The lowest BCUT2D eigenvalue weighted by atomic mass is 9.53. The van der Waals surface area contributed by atoms with Crippen LogP contribution in [0, 0.1) is 5.92 Å². The Morgan fingerprint density at radius 2 is 1.43 bits per heavy atom. The molecule has 1 aromatic heterocycles. The van der Waals surface area contributed by atoms with Crippen LogP contribution < -0.4 is 16.3 Å². The van der Waals surface area contributed by atoms with Gasteiger partial charge in [-0.25, -0.2) is 28.4 Å². The molecule has 5 aromatic rings. The van der Waals surface area contributed by atoms with Crippen molar-refractivity contribution in [2.75, 3.05) is 4.90 Å². The maximum Gasteiger partial charge on any atom is 0.352 e. The summed E-state index contributed by atoms with van der Waals surface area (Å²) in [4.78, 5) is 59.0. The van der Waals surface area contributed by atoms with Crippen LogP contribution >= 0.6 is 23.2 Å². The Kier molecular flexibility index (Phi) is 6.68. The van der Waals surface area contributed by atoms with Crippen molar-refractivity contribution in [1.82, 2.24) is 13.9 Å². The lowest BCUT2D eigenvalue weighted by molar-refractivity contribution is -0.124. The molecule has 4 unspecified atom stereocenters. The van der Waals surface area contributed by atoms with Gasteiger partial charge in [-0.3, -0.25) is 9.59 Å². The van der Waals surface area contributed by atoms with E-state index in [1.54, 1.807) is 78.9 Å². The van der Waals surface area contributed by atoms with Gasteiger partial charge in [0.1, 0.15) is 5.75 Å². The summed E-state index contributed by atoms with van der Waals surface area (Å²) in [6.07, 6.45) is 1.88. The average Bonchev–Trinajstić information content (AvgIpc) is 3.47. The second kappa shape index (κ2) is 10.7. The number of nitrogens with zero attached hydrogens (tertiary/aromatic N) is 4. The summed E-state index contributed by atoms with van der Waals surface area (Å²) >= 11 is 12.9. The van der Waals surface area contributed by atoms with E-state index in [9.17, 15) is 19.5 Å². The van der Waals surface area contributed by atoms with Crippen LogP contribution in [0.15, 0.2) is 124 Å². The van der Waals surface area contributed by atoms with Crippen molar-refractivity contribution in [2.45, 2.75) is 30.3 Å². The molecule has 2 aliphatic heterocycles. The number of phenols is 1. The first-order valence-corrected chi connectivity index (χ1v) is 15.9. The van der Waals surface area contributed by atoms with Crippen molar-refractivity contribution < 1.29 is 14.7 Å². The number of fused-ring (bicyclic) bond motifs is 4. The molecule has 1 aliphatic carbocycles. The molecular formula is C36H26Cl2N4O5. The number of hydrogen-bond acceptors (Lipinski definition) is 5. The number of carbonyl (C=O) groups is 2. The molecule has 4 atom stereocenters. The molecule has 0 spiro atoms. The summed E-state index contributed by atoms with van der Waals surface area (Å²) in [6, 6.07) is 28.1. The Balaban J connectivity index is 1.43. The largest absolute Gasteiger partial charge is 0.508 e. The van der Waals surface area contributed by atoms with Gasteiger partial charge in [0.2, 0.25) is 11.8 Å².